The van der Waals surface area contributed by atoms with Gasteiger partial charge in [-0.15, -0.1) is 11.8 Å². The third-order valence-corrected chi connectivity index (χ3v) is 6.96. The average Bonchev–Trinajstić information content (AvgIpc) is 3.28. The summed E-state index contributed by atoms with van der Waals surface area (Å²) in [6, 6.07) is 21.4. The van der Waals surface area contributed by atoms with Crippen molar-refractivity contribution < 1.29 is 14.3 Å². The number of nitrogens with zero attached hydrogens (tertiary/aromatic N) is 2. The fourth-order valence-corrected chi connectivity index (χ4v) is 5.13. The molecule has 0 spiro atoms. The summed E-state index contributed by atoms with van der Waals surface area (Å²) in [5.41, 5.74) is 2.34. The van der Waals surface area contributed by atoms with Crippen LogP contribution in [0.1, 0.15) is 22.8 Å². The summed E-state index contributed by atoms with van der Waals surface area (Å²) in [7, 11) is 3.24. The van der Waals surface area contributed by atoms with Gasteiger partial charge in [-0.1, -0.05) is 48.6 Å². The molecule has 4 aromatic rings. The molecule has 0 radical (unpaired) electrons. The Labute approximate surface area is 196 Å². The Morgan fingerprint density at radius 2 is 1.66 bits per heavy atom. The Morgan fingerprint density at radius 3 is 2.31 bits per heavy atom. The Bertz CT molecular complexity index is 1170. The number of hydrogen-bond donors (Lipinski definition) is 0. The smallest absolute Gasteiger partial charge is 0.260 e. The second-order valence-corrected chi connectivity index (χ2v) is 9.29. The molecular weight excluding hydrogens is 440 g/mol. The van der Waals surface area contributed by atoms with Crippen molar-refractivity contribution in [3.63, 3.8) is 0 Å². The molecule has 3 aromatic carbocycles. The van der Waals surface area contributed by atoms with Crippen molar-refractivity contribution in [3.8, 4) is 11.5 Å². The predicted octanol–water partition coefficient (Wildman–Crippen LogP) is 6.27. The highest BCUT2D eigenvalue weighted by Gasteiger charge is 2.24. The van der Waals surface area contributed by atoms with E-state index in [1.165, 1.54) is 11.3 Å². The molecule has 1 amide bonds. The van der Waals surface area contributed by atoms with Gasteiger partial charge in [0.2, 0.25) is 0 Å². The summed E-state index contributed by atoms with van der Waals surface area (Å²) < 4.78 is 11.9. The zero-order chi connectivity index (χ0) is 22.5. The molecular formula is C25H24N2O3S2. The average molecular weight is 465 g/mol. The van der Waals surface area contributed by atoms with Crippen LogP contribution < -0.4 is 14.4 Å². The van der Waals surface area contributed by atoms with E-state index in [0.29, 0.717) is 34.3 Å². The van der Waals surface area contributed by atoms with Crippen LogP contribution in [0.4, 0.5) is 5.13 Å². The molecule has 1 heterocycles. The zero-order valence-corrected chi connectivity index (χ0v) is 19.8. The minimum atomic E-state index is -0.0982. The van der Waals surface area contributed by atoms with Crippen molar-refractivity contribution in [2.45, 2.75) is 18.4 Å². The van der Waals surface area contributed by atoms with Crippen LogP contribution in [0, 0.1) is 0 Å². The van der Waals surface area contributed by atoms with Gasteiger partial charge in [0.25, 0.3) is 5.91 Å². The first-order valence-corrected chi connectivity index (χ1v) is 12.0. The Balaban J connectivity index is 1.78. The number of fused-ring (bicyclic) bond motifs is 1. The lowest BCUT2D eigenvalue weighted by atomic mass is 10.1. The molecule has 5 nitrogen and oxygen atoms in total. The van der Waals surface area contributed by atoms with Gasteiger partial charge in [-0.2, -0.15) is 0 Å². The lowest BCUT2D eigenvalue weighted by Crippen LogP contribution is -2.30. The second-order valence-electron chi connectivity index (χ2n) is 6.98. The Kier molecular flexibility index (Phi) is 6.97. The summed E-state index contributed by atoms with van der Waals surface area (Å²) in [5.74, 6) is 2.25. The quantitative estimate of drug-likeness (QED) is 0.288. The van der Waals surface area contributed by atoms with Gasteiger partial charge in [-0.3, -0.25) is 9.69 Å². The minimum Gasteiger partial charge on any atom is -0.495 e. The zero-order valence-electron chi connectivity index (χ0n) is 18.2. The summed E-state index contributed by atoms with van der Waals surface area (Å²) in [5, 5.41) is 0.601. The number of aromatic nitrogens is 1. The highest BCUT2D eigenvalue weighted by Crippen LogP contribution is 2.40. The van der Waals surface area contributed by atoms with Crippen molar-refractivity contribution in [1.29, 1.82) is 0 Å². The summed E-state index contributed by atoms with van der Waals surface area (Å²) in [6.07, 6.45) is 0. The van der Waals surface area contributed by atoms with Crippen LogP contribution in [0.25, 0.3) is 10.2 Å². The number of amides is 1. The standard InChI is InChI=1S/C25H24N2O3S2/c1-4-31-19-12-10-18(11-13-19)24(28)27(16-17-8-6-5-7-9-17)25-26-22-20(29-2)14-15-21(30-3)23(22)32-25/h5-15H,4,16H2,1-3H3. The number of anilines is 1. The number of thiazole rings is 1. The third-order valence-electron chi connectivity index (χ3n) is 4.97. The lowest BCUT2D eigenvalue weighted by Gasteiger charge is -2.20. The third kappa shape index (κ3) is 4.59. The summed E-state index contributed by atoms with van der Waals surface area (Å²) >= 11 is 3.18. The van der Waals surface area contributed by atoms with E-state index in [1.54, 1.807) is 30.9 Å². The fraction of sp³-hybridized carbons (Fsp3) is 0.200. The Hall–Kier alpha value is -3.03. The second kappa shape index (κ2) is 10.1. The molecule has 1 aromatic heterocycles. The molecule has 0 aliphatic rings. The lowest BCUT2D eigenvalue weighted by molar-refractivity contribution is 0.0985. The number of carbonyl (C=O) groups excluding carboxylic acids is 1. The van der Waals surface area contributed by atoms with E-state index in [1.807, 2.05) is 66.7 Å². The number of benzene rings is 3. The molecule has 0 saturated carbocycles. The van der Waals surface area contributed by atoms with Gasteiger partial charge in [-0.05, 0) is 47.7 Å². The van der Waals surface area contributed by atoms with Crippen LogP contribution in [0.5, 0.6) is 11.5 Å². The number of rotatable bonds is 8. The molecule has 7 heteroatoms. The molecule has 0 N–H and O–H groups in total. The number of hydrogen-bond acceptors (Lipinski definition) is 6. The number of methoxy groups -OCH3 is 2. The molecule has 0 aliphatic carbocycles. The van der Waals surface area contributed by atoms with E-state index >= 15 is 0 Å². The highest BCUT2D eigenvalue weighted by molar-refractivity contribution is 7.99. The van der Waals surface area contributed by atoms with E-state index < -0.39 is 0 Å². The molecule has 4 rings (SSSR count). The maximum Gasteiger partial charge on any atom is 0.260 e. The SMILES string of the molecule is CCSc1ccc(C(=O)N(Cc2ccccc2)c2nc3c(OC)ccc(OC)c3s2)cc1. The van der Waals surface area contributed by atoms with E-state index in [0.717, 1.165) is 20.9 Å². The first-order valence-electron chi connectivity index (χ1n) is 10.2. The van der Waals surface area contributed by atoms with E-state index in [4.69, 9.17) is 14.5 Å². The van der Waals surface area contributed by atoms with Gasteiger partial charge in [-0.25, -0.2) is 4.98 Å². The molecule has 0 fully saturated rings. The van der Waals surface area contributed by atoms with Gasteiger partial charge < -0.3 is 9.47 Å². The van der Waals surface area contributed by atoms with E-state index in [2.05, 4.69) is 6.92 Å². The molecule has 0 aliphatic heterocycles. The number of carbonyl (C=O) groups is 1. The van der Waals surface area contributed by atoms with E-state index in [-0.39, 0.29) is 5.91 Å². The van der Waals surface area contributed by atoms with Crippen LogP contribution in [0.2, 0.25) is 0 Å². The normalized spacial score (nSPS) is 10.8. The molecule has 0 bridgehead atoms. The van der Waals surface area contributed by atoms with Crippen LogP contribution >= 0.6 is 23.1 Å². The minimum absolute atomic E-state index is 0.0982. The first-order chi connectivity index (χ1) is 15.6. The molecule has 32 heavy (non-hydrogen) atoms. The predicted molar refractivity (Wildman–Crippen MR) is 133 cm³/mol. The topological polar surface area (TPSA) is 51.7 Å². The molecule has 164 valence electrons. The monoisotopic (exact) mass is 464 g/mol. The van der Waals surface area contributed by atoms with Crippen molar-refractivity contribution in [2.24, 2.45) is 0 Å². The van der Waals surface area contributed by atoms with Gasteiger partial charge in [0, 0.05) is 10.5 Å². The van der Waals surface area contributed by atoms with Crippen LogP contribution in [-0.2, 0) is 6.54 Å². The Morgan fingerprint density at radius 1 is 0.969 bits per heavy atom. The van der Waals surface area contributed by atoms with Gasteiger partial charge >= 0.3 is 0 Å². The van der Waals surface area contributed by atoms with Crippen LogP contribution in [0.3, 0.4) is 0 Å². The van der Waals surface area contributed by atoms with Gasteiger partial charge in [0.05, 0.1) is 20.8 Å². The van der Waals surface area contributed by atoms with Crippen molar-refractivity contribution in [1.82, 2.24) is 4.98 Å². The van der Waals surface area contributed by atoms with Crippen molar-refractivity contribution in [3.05, 3.63) is 77.9 Å². The first kappa shape index (κ1) is 22.2. The molecule has 0 atom stereocenters. The summed E-state index contributed by atoms with van der Waals surface area (Å²) in [4.78, 5) is 21.3. The molecule has 0 saturated heterocycles. The van der Waals surface area contributed by atoms with Crippen molar-refractivity contribution >= 4 is 44.4 Å². The maximum absolute atomic E-state index is 13.6. The van der Waals surface area contributed by atoms with Crippen molar-refractivity contribution in [2.75, 3.05) is 24.9 Å². The number of thioether (sulfide) groups is 1. The number of ether oxygens (including phenoxy) is 2. The summed E-state index contributed by atoms with van der Waals surface area (Å²) in [6.45, 7) is 2.52. The van der Waals surface area contributed by atoms with Crippen LogP contribution in [0.15, 0.2) is 71.6 Å². The largest absolute Gasteiger partial charge is 0.495 e. The molecule has 0 unspecified atom stereocenters. The van der Waals surface area contributed by atoms with Gasteiger partial charge in [0.15, 0.2) is 5.13 Å². The highest BCUT2D eigenvalue weighted by atomic mass is 32.2. The maximum atomic E-state index is 13.6. The van der Waals surface area contributed by atoms with E-state index in [9.17, 15) is 4.79 Å². The van der Waals surface area contributed by atoms with Crippen LogP contribution in [-0.4, -0.2) is 30.9 Å². The van der Waals surface area contributed by atoms with Gasteiger partial charge in [0.1, 0.15) is 21.7 Å². The fourth-order valence-electron chi connectivity index (χ4n) is 3.40.